The van der Waals surface area contributed by atoms with E-state index >= 15 is 0 Å². The highest BCUT2D eigenvalue weighted by Gasteiger charge is 2.21. The fraction of sp³-hybridized carbons (Fsp3) is 0.471. The molecule has 0 saturated carbocycles. The quantitative estimate of drug-likeness (QED) is 0.911. The van der Waals surface area contributed by atoms with Gasteiger partial charge in [0.05, 0.1) is 0 Å². The first kappa shape index (κ1) is 14.9. The molecule has 3 rings (SSSR count). The summed E-state index contributed by atoms with van der Waals surface area (Å²) in [6, 6.07) is 9.91. The molecular formula is C17H22N2O3. The second kappa shape index (κ2) is 6.83. The first-order chi connectivity index (χ1) is 10.8. The Morgan fingerprint density at radius 1 is 1.32 bits per heavy atom. The monoisotopic (exact) mass is 302 g/mol. The molecular weight excluding hydrogens is 280 g/mol. The van der Waals surface area contributed by atoms with Crippen molar-refractivity contribution < 1.29 is 14.3 Å². The maximum Gasteiger partial charge on any atom is 0.317 e. The van der Waals surface area contributed by atoms with Crippen LogP contribution in [0.25, 0.3) is 11.0 Å². The maximum atomic E-state index is 12.1. The average Bonchev–Trinajstić information content (AvgIpc) is 2.97. The number of aliphatic hydroxyl groups is 1. The maximum absolute atomic E-state index is 12.1. The number of aliphatic hydroxyl groups excluding tert-OH is 1. The molecule has 2 N–H and O–H groups in total. The van der Waals surface area contributed by atoms with Gasteiger partial charge in [-0.05, 0) is 30.9 Å². The van der Waals surface area contributed by atoms with Gasteiger partial charge in [-0.1, -0.05) is 18.2 Å². The van der Waals surface area contributed by atoms with Gasteiger partial charge < -0.3 is 19.7 Å². The van der Waals surface area contributed by atoms with Crippen LogP contribution in [0.4, 0.5) is 4.79 Å². The normalized spacial score (nSPS) is 16.1. The van der Waals surface area contributed by atoms with Crippen molar-refractivity contribution >= 4 is 17.0 Å². The highest BCUT2D eigenvalue weighted by molar-refractivity contribution is 5.77. The van der Waals surface area contributed by atoms with E-state index in [-0.39, 0.29) is 12.6 Å². The zero-order valence-corrected chi connectivity index (χ0v) is 12.6. The number of carbonyl (C=O) groups excluding carboxylic acids is 1. The Balaban J connectivity index is 1.45. The minimum atomic E-state index is -0.0208. The van der Waals surface area contributed by atoms with Crippen LogP contribution in [0.2, 0.25) is 0 Å². The van der Waals surface area contributed by atoms with Gasteiger partial charge in [0, 0.05) is 38.0 Å². The molecule has 2 aromatic rings. The van der Waals surface area contributed by atoms with E-state index in [9.17, 15) is 4.79 Å². The molecule has 1 aromatic carbocycles. The zero-order chi connectivity index (χ0) is 15.4. The Hall–Kier alpha value is -2.01. The van der Waals surface area contributed by atoms with Crippen molar-refractivity contribution in [2.24, 2.45) is 5.92 Å². The number of piperidine rings is 1. The summed E-state index contributed by atoms with van der Waals surface area (Å²) in [6.45, 7) is 2.24. The van der Waals surface area contributed by atoms with Crippen LogP contribution < -0.4 is 5.32 Å². The molecule has 1 aromatic heterocycles. The summed E-state index contributed by atoms with van der Waals surface area (Å²) < 4.78 is 5.73. The van der Waals surface area contributed by atoms with Crippen molar-refractivity contribution in [3.05, 3.63) is 36.1 Å². The van der Waals surface area contributed by atoms with Crippen LogP contribution in [-0.2, 0) is 6.42 Å². The lowest BCUT2D eigenvalue weighted by Crippen LogP contribution is -2.45. The third-order valence-electron chi connectivity index (χ3n) is 4.28. The molecule has 1 aliphatic heterocycles. The van der Waals surface area contributed by atoms with Gasteiger partial charge in [-0.25, -0.2) is 4.79 Å². The second-order valence-corrected chi connectivity index (χ2v) is 5.85. The largest absolute Gasteiger partial charge is 0.461 e. The van der Waals surface area contributed by atoms with Crippen molar-refractivity contribution in [3.8, 4) is 0 Å². The first-order valence-electron chi connectivity index (χ1n) is 7.87. The molecule has 118 valence electrons. The first-order valence-corrected chi connectivity index (χ1v) is 7.87. The number of furan rings is 1. The van der Waals surface area contributed by atoms with Gasteiger partial charge in [-0.15, -0.1) is 0 Å². The Morgan fingerprint density at radius 2 is 2.09 bits per heavy atom. The number of likely N-dealkylation sites (tertiary alicyclic amines) is 1. The van der Waals surface area contributed by atoms with Crippen molar-refractivity contribution in [2.75, 3.05) is 26.2 Å². The number of hydrogen-bond donors (Lipinski definition) is 2. The molecule has 22 heavy (non-hydrogen) atoms. The smallest absolute Gasteiger partial charge is 0.317 e. The van der Waals surface area contributed by atoms with E-state index in [1.165, 1.54) is 0 Å². The summed E-state index contributed by atoms with van der Waals surface area (Å²) in [5.41, 5.74) is 0.884. The van der Waals surface area contributed by atoms with Crippen LogP contribution in [0.1, 0.15) is 18.6 Å². The van der Waals surface area contributed by atoms with Crippen LogP contribution in [0.15, 0.2) is 34.7 Å². The van der Waals surface area contributed by atoms with Crippen molar-refractivity contribution in [2.45, 2.75) is 19.3 Å². The van der Waals surface area contributed by atoms with E-state index < -0.39 is 0 Å². The standard InChI is InChI=1S/C17H22N2O3/c20-12-13-6-9-19(10-7-13)17(21)18-8-5-15-11-14-3-1-2-4-16(14)22-15/h1-4,11,13,20H,5-10,12H2,(H,18,21). The van der Waals surface area contributed by atoms with E-state index in [1.54, 1.807) is 0 Å². The lowest BCUT2D eigenvalue weighted by atomic mass is 9.98. The number of benzene rings is 1. The molecule has 0 unspecified atom stereocenters. The Labute approximate surface area is 129 Å². The van der Waals surface area contributed by atoms with Gasteiger partial charge in [0.2, 0.25) is 0 Å². The Morgan fingerprint density at radius 3 is 2.82 bits per heavy atom. The third-order valence-corrected chi connectivity index (χ3v) is 4.28. The molecule has 1 aliphatic rings. The van der Waals surface area contributed by atoms with Gasteiger partial charge in [-0.3, -0.25) is 0 Å². The molecule has 0 aliphatic carbocycles. The van der Waals surface area contributed by atoms with Crippen LogP contribution in [0.5, 0.6) is 0 Å². The number of para-hydroxylation sites is 1. The summed E-state index contributed by atoms with van der Waals surface area (Å²) in [4.78, 5) is 13.9. The molecule has 0 radical (unpaired) electrons. The van der Waals surface area contributed by atoms with E-state index in [0.29, 0.717) is 18.9 Å². The highest BCUT2D eigenvalue weighted by atomic mass is 16.3. The predicted octanol–water partition coefficient (Wildman–Crippen LogP) is 2.39. The molecule has 5 heteroatoms. The number of nitrogens with zero attached hydrogens (tertiary/aromatic N) is 1. The Bertz CT molecular complexity index is 597. The summed E-state index contributed by atoms with van der Waals surface area (Å²) in [5.74, 6) is 1.24. The lowest BCUT2D eigenvalue weighted by molar-refractivity contribution is 0.137. The molecule has 2 heterocycles. The van der Waals surface area contributed by atoms with E-state index in [4.69, 9.17) is 9.52 Å². The second-order valence-electron chi connectivity index (χ2n) is 5.85. The van der Waals surface area contributed by atoms with Crippen LogP contribution in [0, 0.1) is 5.92 Å². The fourth-order valence-corrected chi connectivity index (χ4v) is 2.88. The summed E-state index contributed by atoms with van der Waals surface area (Å²) in [7, 11) is 0. The number of urea groups is 1. The lowest BCUT2D eigenvalue weighted by Gasteiger charge is -2.31. The SMILES string of the molecule is O=C(NCCc1cc2ccccc2o1)N1CCC(CO)CC1. The van der Waals surface area contributed by atoms with Crippen molar-refractivity contribution in [3.63, 3.8) is 0 Å². The molecule has 0 atom stereocenters. The van der Waals surface area contributed by atoms with Gasteiger partial charge in [0.15, 0.2) is 0 Å². The molecule has 1 fully saturated rings. The number of fused-ring (bicyclic) bond motifs is 1. The van der Waals surface area contributed by atoms with Gasteiger partial charge >= 0.3 is 6.03 Å². The molecule has 1 saturated heterocycles. The number of amides is 2. The van der Waals surface area contributed by atoms with E-state index in [1.807, 2.05) is 35.2 Å². The van der Waals surface area contributed by atoms with Gasteiger partial charge in [0.1, 0.15) is 11.3 Å². The minimum absolute atomic E-state index is 0.0208. The summed E-state index contributed by atoms with van der Waals surface area (Å²) in [5, 5.41) is 13.1. The summed E-state index contributed by atoms with van der Waals surface area (Å²) in [6.07, 6.45) is 2.45. The predicted molar refractivity (Wildman–Crippen MR) is 84.7 cm³/mol. The highest BCUT2D eigenvalue weighted by Crippen LogP contribution is 2.19. The third kappa shape index (κ3) is 3.42. The molecule has 0 bridgehead atoms. The van der Waals surface area contributed by atoms with E-state index in [0.717, 1.165) is 42.7 Å². The number of carbonyl (C=O) groups is 1. The number of hydrogen-bond acceptors (Lipinski definition) is 3. The van der Waals surface area contributed by atoms with Gasteiger partial charge in [0.25, 0.3) is 0 Å². The number of rotatable bonds is 4. The van der Waals surface area contributed by atoms with Crippen LogP contribution in [-0.4, -0.2) is 42.3 Å². The van der Waals surface area contributed by atoms with E-state index in [2.05, 4.69) is 5.32 Å². The number of nitrogens with one attached hydrogen (secondary N) is 1. The topological polar surface area (TPSA) is 65.7 Å². The Kier molecular flexibility index (Phi) is 4.63. The average molecular weight is 302 g/mol. The van der Waals surface area contributed by atoms with Crippen LogP contribution >= 0.6 is 0 Å². The summed E-state index contributed by atoms with van der Waals surface area (Å²) >= 11 is 0. The molecule has 5 nitrogen and oxygen atoms in total. The zero-order valence-electron chi connectivity index (χ0n) is 12.6. The molecule has 2 amide bonds. The molecule has 0 spiro atoms. The van der Waals surface area contributed by atoms with Gasteiger partial charge in [-0.2, -0.15) is 0 Å². The minimum Gasteiger partial charge on any atom is -0.461 e. The van der Waals surface area contributed by atoms with Crippen molar-refractivity contribution in [1.82, 2.24) is 10.2 Å². The van der Waals surface area contributed by atoms with Crippen LogP contribution in [0.3, 0.4) is 0 Å². The van der Waals surface area contributed by atoms with Crippen molar-refractivity contribution in [1.29, 1.82) is 0 Å². The fourth-order valence-electron chi connectivity index (χ4n) is 2.88.